The van der Waals surface area contributed by atoms with Gasteiger partial charge in [-0.25, -0.2) is 13.4 Å². The third-order valence-corrected chi connectivity index (χ3v) is 10.5. The van der Waals surface area contributed by atoms with Gasteiger partial charge in [0.2, 0.25) is 0 Å². The number of nitrogens with zero attached hydrogens (tertiary/aromatic N) is 2. The quantitative estimate of drug-likeness (QED) is 0.513. The lowest BCUT2D eigenvalue weighted by Gasteiger charge is -2.46. The van der Waals surface area contributed by atoms with Crippen molar-refractivity contribution in [3.05, 3.63) is 50.4 Å². The number of thiazole rings is 1. The number of aromatic nitrogens is 1. The van der Waals surface area contributed by atoms with E-state index < -0.39 is 9.84 Å². The number of halogens is 1. The summed E-state index contributed by atoms with van der Waals surface area (Å²) in [5.74, 6) is 0.824. The second-order valence-electron chi connectivity index (χ2n) is 9.53. The van der Waals surface area contributed by atoms with Crippen molar-refractivity contribution in [1.29, 1.82) is 0 Å². The fourth-order valence-corrected chi connectivity index (χ4v) is 7.35. The second-order valence-corrected chi connectivity index (χ2v) is 13.6. The number of hydrogen-bond acceptors (Lipinski definition) is 6. The van der Waals surface area contributed by atoms with Gasteiger partial charge in [0.05, 0.1) is 29.2 Å². The zero-order valence-corrected chi connectivity index (χ0v) is 22.2. The number of aryl methyl sites for hydroxylation is 2. The van der Waals surface area contributed by atoms with Gasteiger partial charge in [-0.1, -0.05) is 30.7 Å². The van der Waals surface area contributed by atoms with Crippen LogP contribution in [-0.2, 0) is 21.0 Å². The topological polar surface area (TPSA) is 59.5 Å². The Balaban J connectivity index is 1.46. The Hall–Kier alpha value is -0.990. The molecule has 4 rings (SSSR count). The fraction of sp³-hybridized carbons (Fsp3) is 0.640. The highest BCUT2D eigenvalue weighted by molar-refractivity contribution is 7.91. The van der Waals surface area contributed by atoms with Gasteiger partial charge >= 0.3 is 0 Å². The van der Waals surface area contributed by atoms with Crippen LogP contribution in [0.2, 0.25) is 5.02 Å². The molecule has 5 nitrogen and oxygen atoms in total. The van der Waals surface area contributed by atoms with Gasteiger partial charge in [0.25, 0.3) is 0 Å². The molecule has 1 saturated heterocycles. The molecule has 2 fully saturated rings. The third kappa shape index (κ3) is 6.37. The second kappa shape index (κ2) is 10.7. The van der Waals surface area contributed by atoms with Crippen LogP contribution in [0, 0.1) is 13.8 Å². The summed E-state index contributed by atoms with van der Waals surface area (Å²) in [4.78, 5) is 8.70. The summed E-state index contributed by atoms with van der Waals surface area (Å²) in [7, 11) is -3.07. The van der Waals surface area contributed by atoms with Crippen molar-refractivity contribution in [1.82, 2.24) is 9.88 Å². The predicted octanol–water partition coefficient (Wildman–Crippen LogP) is 5.19. The van der Waals surface area contributed by atoms with Crippen LogP contribution < -0.4 is 0 Å². The van der Waals surface area contributed by atoms with Crippen molar-refractivity contribution in [2.75, 3.05) is 24.7 Å². The molecule has 1 aromatic heterocycles. The summed E-state index contributed by atoms with van der Waals surface area (Å²) in [5, 5.41) is 2.03. The highest BCUT2D eigenvalue weighted by Gasteiger charge is 2.37. The molecular formula is C25H35ClN2O3S2. The molecule has 1 aromatic carbocycles. The van der Waals surface area contributed by atoms with E-state index >= 15 is 0 Å². The van der Waals surface area contributed by atoms with Crippen LogP contribution in [-0.4, -0.2) is 61.1 Å². The lowest BCUT2D eigenvalue weighted by molar-refractivity contribution is -0.0755. The van der Waals surface area contributed by atoms with Crippen molar-refractivity contribution in [3.8, 4) is 0 Å². The standard InChI is InChI=1S/C25H35ClN2O3S2/c1-4-33(29,30)16-24-14-28(23(15-31-24)13-19-5-9-21(26)10-6-19)22-11-7-20(8-12-22)25-27-17(2)18(3)32-25/h5-6,9-10,20,22-24H,4,7-8,11-16H2,1-3H3/t20?,22?,23-,24+/m0/s1. The molecule has 1 aliphatic carbocycles. The minimum absolute atomic E-state index is 0.112. The van der Waals surface area contributed by atoms with Crippen LogP contribution in [0.5, 0.6) is 0 Å². The molecule has 2 aliphatic rings. The minimum atomic E-state index is -3.07. The highest BCUT2D eigenvalue weighted by atomic mass is 35.5. The molecule has 0 amide bonds. The van der Waals surface area contributed by atoms with Gasteiger partial charge in [-0.05, 0) is 63.6 Å². The number of sulfone groups is 1. The van der Waals surface area contributed by atoms with E-state index in [2.05, 4.69) is 30.9 Å². The van der Waals surface area contributed by atoms with Crippen LogP contribution in [0.3, 0.4) is 0 Å². The van der Waals surface area contributed by atoms with Crippen molar-refractivity contribution < 1.29 is 13.2 Å². The molecule has 1 saturated carbocycles. The SMILES string of the molecule is CCS(=O)(=O)C[C@H]1CN(C2CCC(c3nc(C)c(C)s3)CC2)[C@@H](Cc2ccc(Cl)cc2)CO1. The van der Waals surface area contributed by atoms with Crippen molar-refractivity contribution in [2.45, 2.75) is 77.0 Å². The van der Waals surface area contributed by atoms with Gasteiger partial charge in [-0.15, -0.1) is 11.3 Å². The normalized spacial score (nSPS) is 27.0. The monoisotopic (exact) mass is 510 g/mol. The molecule has 0 N–H and O–H groups in total. The van der Waals surface area contributed by atoms with Gasteiger partial charge in [0, 0.05) is 40.2 Å². The average Bonchev–Trinajstić information content (AvgIpc) is 3.14. The van der Waals surface area contributed by atoms with Crippen LogP contribution in [0.15, 0.2) is 24.3 Å². The number of rotatable bonds is 7. The van der Waals surface area contributed by atoms with Crippen LogP contribution in [0.25, 0.3) is 0 Å². The molecule has 2 aromatic rings. The summed E-state index contributed by atoms with van der Waals surface area (Å²) in [6.45, 7) is 7.21. The summed E-state index contributed by atoms with van der Waals surface area (Å²) >= 11 is 7.93. The van der Waals surface area contributed by atoms with E-state index in [1.165, 1.54) is 15.4 Å². The molecule has 8 heteroatoms. The van der Waals surface area contributed by atoms with Crippen LogP contribution in [0.4, 0.5) is 0 Å². The van der Waals surface area contributed by atoms with Gasteiger partial charge < -0.3 is 4.74 Å². The Morgan fingerprint density at radius 1 is 1.15 bits per heavy atom. The van der Waals surface area contributed by atoms with Gasteiger partial charge in [-0.2, -0.15) is 0 Å². The van der Waals surface area contributed by atoms with E-state index in [4.69, 9.17) is 21.3 Å². The molecule has 2 atom stereocenters. The first-order valence-electron chi connectivity index (χ1n) is 12.0. The van der Waals surface area contributed by atoms with E-state index in [1.807, 2.05) is 23.5 Å². The largest absolute Gasteiger partial charge is 0.374 e. The molecule has 182 valence electrons. The first-order valence-corrected chi connectivity index (χ1v) is 15.0. The smallest absolute Gasteiger partial charge is 0.152 e. The Bertz CT molecular complexity index is 1010. The Morgan fingerprint density at radius 2 is 1.85 bits per heavy atom. The molecule has 0 bridgehead atoms. The zero-order valence-electron chi connectivity index (χ0n) is 19.8. The Kier molecular flexibility index (Phi) is 8.17. The van der Waals surface area contributed by atoms with Gasteiger partial charge in [-0.3, -0.25) is 4.90 Å². The number of benzene rings is 1. The van der Waals surface area contributed by atoms with Gasteiger partial charge in [0.1, 0.15) is 0 Å². The summed E-state index contributed by atoms with van der Waals surface area (Å²) in [6, 6.07) is 8.74. The van der Waals surface area contributed by atoms with E-state index in [-0.39, 0.29) is 23.7 Å². The number of ether oxygens (including phenoxy) is 1. The Labute approximate surface area is 207 Å². The number of hydrogen-bond donors (Lipinski definition) is 0. The lowest BCUT2D eigenvalue weighted by Crippen LogP contribution is -2.56. The maximum atomic E-state index is 12.3. The minimum Gasteiger partial charge on any atom is -0.374 e. The first-order chi connectivity index (χ1) is 15.7. The van der Waals surface area contributed by atoms with Crippen LogP contribution >= 0.6 is 22.9 Å². The molecule has 0 spiro atoms. The Morgan fingerprint density at radius 3 is 2.45 bits per heavy atom. The summed E-state index contributed by atoms with van der Waals surface area (Å²) in [6.07, 6.45) is 5.15. The average molecular weight is 511 g/mol. The van der Waals surface area contributed by atoms with Crippen molar-refractivity contribution in [2.24, 2.45) is 0 Å². The molecule has 0 unspecified atom stereocenters. The first kappa shape index (κ1) is 25.1. The van der Waals surface area contributed by atoms with Crippen molar-refractivity contribution in [3.63, 3.8) is 0 Å². The molecule has 0 radical (unpaired) electrons. The summed E-state index contributed by atoms with van der Waals surface area (Å²) < 4.78 is 30.6. The molecular weight excluding hydrogens is 476 g/mol. The lowest BCUT2D eigenvalue weighted by atomic mass is 9.84. The maximum absolute atomic E-state index is 12.3. The maximum Gasteiger partial charge on any atom is 0.152 e. The molecule has 1 aliphatic heterocycles. The molecule has 2 heterocycles. The fourth-order valence-electron chi connectivity index (χ4n) is 5.12. The van der Waals surface area contributed by atoms with E-state index in [0.29, 0.717) is 25.1 Å². The molecule has 33 heavy (non-hydrogen) atoms. The van der Waals surface area contributed by atoms with E-state index in [1.54, 1.807) is 6.92 Å². The van der Waals surface area contributed by atoms with Gasteiger partial charge in [0.15, 0.2) is 9.84 Å². The van der Waals surface area contributed by atoms with Crippen molar-refractivity contribution >= 4 is 32.8 Å². The van der Waals surface area contributed by atoms with E-state index in [0.717, 1.165) is 42.8 Å². The third-order valence-electron chi connectivity index (χ3n) is 7.23. The number of morpholine rings is 1. The predicted molar refractivity (Wildman–Crippen MR) is 136 cm³/mol. The summed E-state index contributed by atoms with van der Waals surface area (Å²) in [5.41, 5.74) is 2.40. The highest BCUT2D eigenvalue weighted by Crippen LogP contribution is 2.38. The zero-order chi connectivity index (χ0) is 23.6. The van der Waals surface area contributed by atoms with E-state index in [9.17, 15) is 8.42 Å². The van der Waals surface area contributed by atoms with Crippen LogP contribution in [0.1, 0.15) is 59.7 Å².